The van der Waals surface area contributed by atoms with Gasteiger partial charge in [0.1, 0.15) is 16.1 Å². The topological polar surface area (TPSA) is 41.6 Å². The molecule has 0 fully saturated rings. The molecule has 0 saturated carbocycles. The lowest BCUT2D eigenvalue weighted by atomic mass is 10.1. The van der Waals surface area contributed by atoms with Gasteiger partial charge in [0.15, 0.2) is 0 Å². The van der Waals surface area contributed by atoms with Crippen LogP contribution in [0.25, 0.3) is 11.0 Å². The number of hydrogen-bond donors (Lipinski definition) is 0. The molecule has 0 spiro atoms. The minimum Gasteiger partial charge on any atom is -0.328 e. The van der Waals surface area contributed by atoms with E-state index in [4.69, 9.17) is 5.26 Å². The second kappa shape index (κ2) is 5.06. The van der Waals surface area contributed by atoms with Crippen LogP contribution >= 0.6 is 15.9 Å². The van der Waals surface area contributed by atoms with Gasteiger partial charge in [-0.3, -0.25) is 0 Å². The number of aromatic nitrogens is 2. The minimum atomic E-state index is -0.374. The number of fused-ring (bicyclic) bond motifs is 1. The van der Waals surface area contributed by atoms with E-state index in [1.54, 1.807) is 12.1 Å². The van der Waals surface area contributed by atoms with Gasteiger partial charge >= 0.3 is 0 Å². The van der Waals surface area contributed by atoms with Crippen molar-refractivity contribution in [2.45, 2.75) is 6.54 Å². The van der Waals surface area contributed by atoms with E-state index >= 15 is 0 Å². The molecule has 0 aliphatic carbocycles. The number of nitrogens with zero attached hydrogens (tertiary/aromatic N) is 3. The number of hydrogen-bond acceptors (Lipinski definition) is 2. The maximum absolute atomic E-state index is 13.9. The molecule has 5 heteroatoms. The molecule has 0 N–H and O–H groups in total. The summed E-state index contributed by atoms with van der Waals surface area (Å²) in [6.45, 7) is 0.379. The van der Waals surface area contributed by atoms with Crippen molar-refractivity contribution in [3.63, 3.8) is 0 Å². The van der Waals surface area contributed by atoms with E-state index in [1.807, 2.05) is 35.0 Å². The van der Waals surface area contributed by atoms with Gasteiger partial charge in [-0.05, 0) is 46.3 Å². The summed E-state index contributed by atoms with van der Waals surface area (Å²) in [5.74, 6) is -0.374. The smallest absolute Gasteiger partial charge is 0.141 e. The first-order chi connectivity index (χ1) is 9.67. The summed E-state index contributed by atoms with van der Waals surface area (Å²) in [6, 6.07) is 12.2. The van der Waals surface area contributed by atoms with Gasteiger partial charge in [-0.1, -0.05) is 6.07 Å². The van der Waals surface area contributed by atoms with Crippen LogP contribution in [0.15, 0.2) is 47.2 Å². The molecular weight excluding hydrogens is 321 g/mol. The Morgan fingerprint density at radius 1 is 1.25 bits per heavy atom. The average Bonchev–Trinajstić information content (AvgIpc) is 2.83. The van der Waals surface area contributed by atoms with Crippen LogP contribution in [-0.2, 0) is 6.54 Å². The van der Waals surface area contributed by atoms with Crippen molar-refractivity contribution in [1.29, 1.82) is 5.26 Å². The third-order valence-electron chi connectivity index (χ3n) is 3.10. The van der Waals surface area contributed by atoms with Crippen molar-refractivity contribution in [1.82, 2.24) is 9.55 Å². The zero-order valence-electron chi connectivity index (χ0n) is 10.3. The average molecular weight is 330 g/mol. The first kappa shape index (κ1) is 12.8. The van der Waals surface area contributed by atoms with E-state index in [0.717, 1.165) is 15.6 Å². The number of benzene rings is 1. The maximum Gasteiger partial charge on any atom is 0.141 e. The van der Waals surface area contributed by atoms with Gasteiger partial charge in [0.2, 0.25) is 0 Å². The van der Waals surface area contributed by atoms with Crippen molar-refractivity contribution in [3.8, 4) is 6.07 Å². The zero-order chi connectivity index (χ0) is 14.1. The van der Waals surface area contributed by atoms with E-state index in [0.29, 0.717) is 17.7 Å². The summed E-state index contributed by atoms with van der Waals surface area (Å²) >= 11 is 3.34. The highest BCUT2D eigenvalue weighted by molar-refractivity contribution is 9.10. The van der Waals surface area contributed by atoms with E-state index in [1.165, 1.54) is 6.07 Å². The molecule has 0 unspecified atom stereocenters. The second-order valence-corrected chi connectivity index (χ2v) is 5.22. The lowest BCUT2D eigenvalue weighted by Gasteiger charge is -2.06. The Bertz CT molecular complexity index is 833. The van der Waals surface area contributed by atoms with Gasteiger partial charge in [-0.15, -0.1) is 0 Å². The van der Waals surface area contributed by atoms with Crippen LogP contribution in [0.5, 0.6) is 0 Å². The number of rotatable bonds is 2. The molecule has 2 aromatic heterocycles. The third-order valence-corrected chi connectivity index (χ3v) is 3.54. The Balaban J connectivity index is 2.01. The summed E-state index contributed by atoms with van der Waals surface area (Å²) in [7, 11) is 0. The Morgan fingerprint density at radius 2 is 2.10 bits per heavy atom. The number of halogens is 2. The highest BCUT2D eigenvalue weighted by atomic mass is 79.9. The minimum absolute atomic E-state index is 0.324. The van der Waals surface area contributed by atoms with E-state index in [9.17, 15) is 4.39 Å². The van der Waals surface area contributed by atoms with Gasteiger partial charge in [0, 0.05) is 17.1 Å². The largest absolute Gasteiger partial charge is 0.328 e. The SMILES string of the molecule is N#Cc1ccc(Cn2ccc3ccc(Br)nc32)c(F)c1. The van der Waals surface area contributed by atoms with Gasteiger partial charge in [-0.25, -0.2) is 9.37 Å². The lowest BCUT2D eigenvalue weighted by Crippen LogP contribution is -2.02. The predicted molar refractivity (Wildman–Crippen MR) is 77.7 cm³/mol. The molecule has 3 aromatic rings. The first-order valence-electron chi connectivity index (χ1n) is 5.97. The molecule has 0 radical (unpaired) electrons. The monoisotopic (exact) mass is 329 g/mol. The van der Waals surface area contributed by atoms with Crippen LogP contribution in [-0.4, -0.2) is 9.55 Å². The maximum atomic E-state index is 13.9. The molecule has 20 heavy (non-hydrogen) atoms. The fourth-order valence-electron chi connectivity index (χ4n) is 2.09. The Hall–Kier alpha value is -2.19. The van der Waals surface area contributed by atoms with Crippen molar-refractivity contribution >= 4 is 27.0 Å². The molecule has 0 aliphatic heterocycles. The molecular formula is C15H9BrFN3. The van der Waals surface area contributed by atoms with Crippen molar-refractivity contribution < 1.29 is 4.39 Å². The molecule has 3 rings (SSSR count). The van der Waals surface area contributed by atoms with Gasteiger partial charge in [0.25, 0.3) is 0 Å². The van der Waals surface area contributed by atoms with E-state index in [-0.39, 0.29) is 5.82 Å². The van der Waals surface area contributed by atoms with Crippen molar-refractivity contribution in [3.05, 3.63) is 64.1 Å². The molecule has 98 valence electrons. The molecule has 0 atom stereocenters. The summed E-state index contributed by atoms with van der Waals surface area (Å²) in [4.78, 5) is 4.40. The number of pyridine rings is 1. The first-order valence-corrected chi connectivity index (χ1v) is 6.76. The molecule has 0 aliphatic rings. The van der Waals surface area contributed by atoms with E-state index < -0.39 is 0 Å². The molecule has 2 heterocycles. The van der Waals surface area contributed by atoms with Crippen LogP contribution in [0.3, 0.4) is 0 Å². The quantitative estimate of drug-likeness (QED) is 0.670. The Kier molecular flexibility index (Phi) is 3.25. The summed E-state index contributed by atoms with van der Waals surface area (Å²) < 4.78 is 16.5. The lowest BCUT2D eigenvalue weighted by molar-refractivity contribution is 0.601. The summed E-state index contributed by atoms with van der Waals surface area (Å²) in [5.41, 5.74) is 1.65. The second-order valence-electron chi connectivity index (χ2n) is 4.41. The van der Waals surface area contributed by atoms with Crippen molar-refractivity contribution in [2.75, 3.05) is 0 Å². The van der Waals surface area contributed by atoms with Gasteiger partial charge in [-0.2, -0.15) is 5.26 Å². The normalized spacial score (nSPS) is 10.7. The van der Waals surface area contributed by atoms with Crippen LogP contribution in [0.1, 0.15) is 11.1 Å². The number of nitriles is 1. The zero-order valence-corrected chi connectivity index (χ0v) is 11.9. The fourth-order valence-corrected chi connectivity index (χ4v) is 2.39. The standard InChI is InChI=1S/C15H9BrFN3/c16-14-4-3-11-5-6-20(15(11)19-14)9-12-2-1-10(8-18)7-13(12)17/h1-7H,9H2. The van der Waals surface area contributed by atoms with Gasteiger partial charge < -0.3 is 4.57 Å². The molecule has 0 amide bonds. The predicted octanol–water partition coefficient (Wildman–Crippen LogP) is 3.86. The third kappa shape index (κ3) is 2.30. The summed E-state index contributed by atoms with van der Waals surface area (Å²) in [5, 5.41) is 9.75. The van der Waals surface area contributed by atoms with Crippen molar-refractivity contribution in [2.24, 2.45) is 0 Å². The Morgan fingerprint density at radius 3 is 2.85 bits per heavy atom. The van der Waals surface area contributed by atoms with Crippen LogP contribution in [0.2, 0.25) is 0 Å². The fraction of sp³-hybridized carbons (Fsp3) is 0.0667. The molecule has 1 aromatic carbocycles. The Labute approximate surface area is 123 Å². The van der Waals surface area contributed by atoms with E-state index in [2.05, 4.69) is 20.9 Å². The molecule has 0 saturated heterocycles. The van der Waals surface area contributed by atoms with Gasteiger partial charge in [0.05, 0.1) is 18.2 Å². The van der Waals surface area contributed by atoms with Crippen LogP contribution in [0.4, 0.5) is 4.39 Å². The highest BCUT2D eigenvalue weighted by Gasteiger charge is 2.08. The van der Waals surface area contributed by atoms with Crippen LogP contribution in [0, 0.1) is 17.1 Å². The molecule has 3 nitrogen and oxygen atoms in total. The summed E-state index contributed by atoms with van der Waals surface area (Å²) in [6.07, 6.45) is 1.88. The van der Waals surface area contributed by atoms with Crippen LogP contribution < -0.4 is 0 Å². The highest BCUT2D eigenvalue weighted by Crippen LogP contribution is 2.19. The molecule has 0 bridgehead atoms.